The fourth-order valence-electron chi connectivity index (χ4n) is 10.5. The van der Waals surface area contributed by atoms with Crippen molar-refractivity contribution in [2.24, 2.45) is 0 Å². The summed E-state index contributed by atoms with van der Waals surface area (Å²) in [5.74, 6) is 0.0334. The Morgan fingerprint density at radius 1 is 0.550 bits per heavy atom. The molecule has 1 atom stereocenters. The van der Waals surface area contributed by atoms with Gasteiger partial charge in [-0.2, -0.15) is 0 Å². The standard InChI is InChI=1S/C57H37N.C2H6/c1-3-4-6-17-34(2)51-55-45-30-29-40(41-24-13-14-25-44(54(41)45)56(55)52(35-18-7-5-8-19-35)46-28-16-31-58-57(46)51)47-32-49-43-27-15-26-42-36-20-9-12-23-39(36)50(53(42)43)33-48(49)38-22-11-10-21-37(38)47;1-2/h3-33,44H,2H2,1H3;1-2H3/b4-3-,17-6-;. The summed E-state index contributed by atoms with van der Waals surface area (Å²) in [4.78, 5) is 5.11. The second-order valence-corrected chi connectivity index (χ2v) is 15.7. The van der Waals surface area contributed by atoms with E-state index < -0.39 is 0 Å². The number of aromatic nitrogens is 1. The predicted octanol–water partition coefficient (Wildman–Crippen LogP) is 16.5. The van der Waals surface area contributed by atoms with Gasteiger partial charge in [-0.1, -0.05) is 184 Å². The summed E-state index contributed by atoms with van der Waals surface area (Å²) in [7, 11) is 0. The van der Waals surface area contributed by atoms with E-state index in [0.717, 1.165) is 22.0 Å². The molecule has 1 nitrogen and oxygen atoms in total. The topological polar surface area (TPSA) is 12.9 Å². The largest absolute Gasteiger partial charge is 0.256 e. The molecule has 8 aromatic carbocycles. The lowest BCUT2D eigenvalue weighted by molar-refractivity contribution is 1.07. The van der Waals surface area contributed by atoms with Gasteiger partial charge in [0.15, 0.2) is 0 Å². The van der Waals surface area contributed by atoms with E-state index in [2.05, 4.69) is 182 Å². The molecule has 284 valence electrons. The first-order valence-corrected chi connectivity index (χ1v) is 21.2. The molecule has 0 aliphatic heterocycles. The van der Waals surface area contributed by atoms with Crippen molar-refractivity contribution >= 4 is 54.9 Å². The zero-order valence-electron chi connectivity index (χ0n) is 34.1. The molecule has 0 amide bonds. The van der Waals surface area contributed by atoms with Crippen molar-refractivity contribution < 1.29 is 0 Å². The molecule has 0 N–H and O–H groups in total. The maximum absolute atomic E-state index is 5.11. The molecule has 12 rings (SSSR count). The van der Waals surface area contributed by atoms with Crippen LogP contribution in [0.15, 0.2) is 189 Å². The molecule has 9 aromatic rings. The van der Waals surface area contributed by atoms with Gasteiger partial charge in [-0.3, -0.25) is 4.98 Å². The highest BCUT2D eigenvalue weighted by Crippen LogP contribution is 2.58. The number of rotatable bonds is 5. The van der Waals surface area contributed by atoms with Crippen molar-refractivity contribution in [2.75, 3.05) is 0 Å². The van der Waals surface area contributed by atoms with Crippen molar-refractivity contribution in [1.82, 2.24) is 4.98 Å². The van der Waals surface area contributed by atoms with Gasteiger partial charge < -0.3 is 0 Å². The Morgan fingerprint density at radius 2 is 1.23 bits per heavy atom. The third-order valence-electron chi connectivity index (χ3n) is 12.7. The van der Waals surface area contributed by atoms with Gasteiger partial charge in [-0.15, -0.1) is 0 Å². The fraction of sp³-hybridized carbons (Fsp3) is 0.0678. The summed E-state index contributed by atoms with van der Waals surface area (Å²) in [6.07, 6.45) is 19.5. The SMILES string of the molecule is C=C(/C=C\C=C/C)c1c2c(c(-c3ccccc3)c3cccnc13)C1C=CC=Cc3c(-c4cc5c6cccc7c6c(cc5c5ccccc45)-c4ccccc4-7)ccc-2c31.CC. The number of allylic oxidation sites excluding steroid dienone is 8. The first-order chi connectivity index (χ1) is 29.7. The molecular weight excluding hydrogens is 723 g/mol. The van der Waals surface area contributed by atoms with E-state index in [1.807, 2.05) is 27.0 Å². The van der Waals surface area contributed by atoms with Crippen LogP contribution in [0.1, 0.15) is 48.9 Å². The van der Waals surface area contributed by atoms with E-state index in [4.69, 9.17) is 11.6 Å². The van der Waals surface area contributed by atoms with Gasteiger partial charge in [0.1, 0.15) is 0 Å². The molecule has 0 spiro atoms. The van der Waals surface area contributed by atoms with Crippen LogP contribution in [0.5, 0.6) is 0 Å². The Labute approximate surface area is 351 Å². The van der Waals surface area contributed by atoms with Crippen molar-refractivity contribution in [3.63, 3.8) is 0 Å². The summed E-state index contributed by atoms with van der Waals surface area (Å²) >= 11 is 0. The molecule has 3 aliphatic carbocycles. The summed E-state index contributed by atoms with van der Waals surface area (Å²) in [6, 6.07) is 49.6. The summed E-state index contributed by atoms with van der Waals surface area (Å²) in [6.45, 7) is 10.7. The first kappa shape index (κ1) is 35.8. The summed E-state index contributed by atoms with van der Waals surface area (Å²) in [5.41, 5.74) is 19.7. The fourth-order valence-corrected chi connectivity index (χ4v) is 10.5. The molecule has 60 heavy (non-hydrogen) atoms. The molecule has 0 bridgehead atoms. The highest BCUT2D eigenvalue weighted by atomic mass is 14.7. The van der Waals surface area contributed by atoms with Gasteiger partial charge in [0.25, 0.3) is 0 Å². The van der Waals surface area contributed by atoms with Gasteiger partial charge in [-0.25, -0.2) is 0 Å². The van der Waals surface area contributed by atoms with Crippen LogP contribution in [0.25, 0.3) is 111 Å². The summed E-state index contributed by atoms with van der Waals surface area (Å²) < 4.78 is 0. The number of pyridine rings is 1. The van der Waals surface area contributed by atoms with Crippen LogP contribution in [-0.2, 0) is 0 Å². The Kier molecular flexibility index (Phi) is 8.46. The van der Waals surface area contributed by atoms with Crippen molar-refractivity contribution in [3.8, 4) is 55.6 Å². The number of hydrogen-bond acceptors (Lipinski definition) is 1. The van der Waals surface area contributed by atoms with Crippen LogP contribution in [0.3, 0.4) is 0 Å². The van der Waals surface area contributed by atoms with E-state index in [0.29, 0.717) is 0 Å². The monoisotopic (exact) mass is 765 g/mol. The van der Waals surface area contributed by atoms with E-state index in [9.17, 15) is 0 Å². The Balaban J connectivity index is 0.00000201. The van der Waals surface area contributed by atoms with Crippen molar-refractivity contribution in [2.45, 2.75) is 26.7 Å². The number of hydrogen-bond donors (Lipinski definition) is 0. The van der Waals surface area contributed by atoms with Gasteiger partial charge in [0.2, 0.25) is 0 Å². The zero-order valence-corrected chi connectivity index (χ0v) is 34.1. The van der Waals surface area contributed by atoms with Gasteiger partial charge in [-0.05, 0) is 135 Å². The first-order valence-electron chi connectivity index (χ1n) is 21.2. The normalized spacial score (nSPS) is 14.2. The molecule has 3 aliphatic rings. The smallest absolute Gasteiger partial charge is 0.0792 e. The average molecular weight is 766 g/mol. The van der Waals surface area contributed by atoms with Crippen molar-refractivity contribution in [1.29, 1.82) is 0 Å². The zero-order chi connectivity index (χ0) is 40.5. The van der Waals surface area contributed by atoms with Crippen LogP contribution < -0.4 is 0 Å². The van der Waals surface area contributed by atoms with Crippen LogP contribution in [0, 0.1) is 0 Å². The van der Waals surface area contributed by atoms with Gasteiger partial charge in [0, 0.05) is 23.1 Å². The predicted molar refractivity (Wildman–Crippen MR) is 259 cm³/mol. The molecule has 1 heteroatoms. The second-order valence-electron chi connectivity index (χ2n) is 15.7. The highest BCUT2D eigenvalue weighted by Gasteiger charge is 2.37. The van der Waals surface area contributed by atoms with Crippen LogP contribution >= 0.6 is 0 Å². The van der Waals surface area contributed by atoms with Crippen LogP contribution in [0.4, 0.5) is 0 Å². The molecular formula is C59H43N. The number of benzene rings is 8. The Bertz CT molecular complexity index is 3410. The molecule has 0 fully saturated rings. The molecule has 1 unspecified atom stereocenters. The number of nitrogens with zero attached hydrogens (tertiary/aromatic N) is 1. The van der Waals surface area contributed by atoms with Gasteiger partial charge >= 0.3 is 0 Å². The average Bonchev–Trinajstić information content (AvgIpc) is 3.70. The lowest BCUT2D eigenvalue weighted by Crippen LogP contribution is -2.01. The number of fused-ring (bicyclic) bond motifs is 11. The maximum atomic E-state index is 5.11. The molecule has 0 saturated heterocycles. The lowest BCUT2D eigenvalue weighted by atomic mass is 9.82. The van der Waals surface area contributed by atoms with E-state index >= 15 is 0 Å². The highest BCUT2D eigenvalue weighted by molar-refractivity contribution is 6.29. The Hall–Kier alpha value is -7.35. The second kappa shape index (κ2) is 14.2. The lowest BCUT2D eigenvalue weighted by Gasteiger charge is -2.21. The Morgan fingerprint density at radius 3 is 2.07 bits per heavy atom. The van der Waals surface area contributed by atoms with Gasteiger partial charge in [0.05, 0.1) is 5.52 Å². The van der Waals surface area contributed by atoms with E-state index in [1.165, 1.54) is 105 Å². The molecule has 1 aromatic heterocycles. The molecule has 1 heterocycles. The van der Waals surface area contributed by atoms with Crippen LogP contribution in [-0.4, -0.2) is 4.98 Å². The minimum atomic E-state index is 0.0334. The molecule has 0 saturated carbocycles. The quantitative estimate of drug-likeness (QED) is 0.126. The van der Waals surface area contributed by atoms with Crippen LogP contribution in [0.2, 0.25) is 0 Å². The maximum Gasteiger partial charge on any atom is 0.0792 e. The van der Waals surface area contributed by atoms with Crippen molar-refractivity contribution in [3.05, 3.63) is 211 Å². The third-order valence-corrected chi connectivity index (χ3v) is 12.7. The van der Waals surface area contributed by atoms with E-state index in [1.54, 1.807) is 0 Å². The summed E-state index contributed by atoms with van der Waals surface area (Å²) in [5, 5.41) is 8.95. The minimum absolute atomic E-state index is 0.0334. The minimum Gasteiger partial charge on any atom is -0.256 e. The third kappa shape index (κ3) is 5.09. The van der Waals surface area contributed by atoms with E-state index in [-0.39, 0.29) is 5.92 Å². The molecule has 0 radical (unpaired) electrons.